The van der Waals surface area contributed by atoms with Gasteiger partial charge in [-0.05, 0) is 37.8 Å². The Balaban J connectivity index is 1.66. The van der Waals surface area contributed by atoms with Crippen LogP contribution in [0, 0.1) is 5.92 Å². The van der Waals surface area contributed by atoms with E-state index in [0.29, 0.717) is 13.1 Å². The van der Waals surface area contributed by atoms with Gasteiger partial charge in [0.1, 0.15) is 0 Å². The fourth-order valence-electron chi connectivity index (χ4n) is 5.68. The van der Waals surface area contributed by atoms with Crippen molar-refractivity contribution < 1.29 is 18.3 Å². The van der Waals surface area contributed by atoms with Crippen molar-refractivity contribution in [1.82, 2.24) is 9.21 Å². The summed E-state index contributed by atoms with van der Waals surface area (Å²) in [4.78, 5) is 15.2. The van der Waals surface area contributed by atoms with Crippen LogP contribution in [0.2, 0.25) is 0 Å². The summed E-state index contributed by atoms with van der Waals surface area (Å²) in [5.74, 6) is 0.106. The van der Waals surface area contributed by atoms with Crippen LogP contribution in [0.5, 0.6) is 0 Å². The number of nitrogens with zero attached hydrogens (tertiary/aromatic N) is 2. The molecule has 6 nitrogen and oxygen atoms in total. The number of sulfonamides is 1. The predicted octanol–water partition coefficient (Wildman–Crippen LogP) is 2.60. The smallest absolute Gasteiger partial charge is 0.226 e. The number of carbonyl (C=O) groups is 1. The Kier molecular flexibility index (Phi) is 5.81. The number of benzene rings is 1. The van der Waals surface area contributed by atoms with Crippen LogP contribution in [0.1, 0.15) is 56.6 Å². The molecule has 1 aromatic rings. The monoisotopic (exact) mass is 432 g/mol. The molecule has 3 fully saturated rings. The molecular formula is C23H32N2O4S. The Morgan fingerprint density at radius 1 is 1.20 bits per heavy atom. The maximum absolute atomic E-state index is 13.4. The topological polar surface area (TPSA) is 77.9 Å². The summed E-state index contributed by atoms with van der Waals surface area (Å²) in [7, 11) is -3.30. The van der Waals surface area contributed by atoms with E-state index in [0.717, 1.165) is 36.8 Å². The molecule has 30 heavy (non-hydrogen) atoms. The van der Waals surface area contributed by atoms with E-state index in [1.165, 1.54) is 4.31 Å². The first kappa shape index (κ1) is 21.5. The van der Waals surface area contributed by atoms with Crippen molar-refractivity contribution in [3.8, 4) is 0 Å². The molecule has 1 aliphatic carbocycles. The van der Waals surface area contributed by atoms with Crippen LogP contribution in [0.15, 0.2) is 30.3 Å². The van der Waals surface area contributed by atoms with E-state index in [-0.39, 0.29) is 36.1 Å². The minimum absolute atomic E-state index is 0.00535. The zero-order valence-corrected chi connectivity index (χ0v) is 18.6. The molecule has 2 heterocycles. The molecule has 2 saturated heterocycles. The Bertz CT molecular complexity index is 913. The van der Waals surface area contributed by atoms with Crippen molar-refractivity contribution in [2.75, 3.05) is 25.4 Å². The van der Waals surface area contributed by atoms with Gasteiger partial charge >= 0.3 is 0 Å². The van der Waals surface area contributed by atoms with Gasteiger partial charge in [-0.1, -0.05) is 49.3 Å². The predicted molar refractivity (Wildman–Crippen MR) is 117 cm³/mol. The number of carbonyl (C=O) groups excluding carboxylic acids is 1. The molecule has 4 rings (SSSR count). The summed E-state index contributed by atoms with van der Waals surface area (Å²) in [6.07, 6.45) is 7.92. The largest absolute Gasteiger partial charge is 0.394 e. The lowest BCUT2D eigenvalue weighted by atomic mass is 9.61. The van der Waals surface area contributed by atoms with Crippen molar-refractivity contribution >= 4 is 22.0 Å². The maximum Gasteiger partial charge on any atom is 0.226 e. The second-order valence-corrected chi connectivity index (χ2v) is 11.1. The Morgan fingerprint density at radius 2 is 1.83 bits per heavy atom. The third kappa shape index (κ3) is 3.31. The van der Waals surface area contributed by atoms with Crippen LogP contribution in [0.25, 0.3) is 6.08 Å². The molecule has 0 bridgehead atoms. The molecule has 2 atom stereocenters. The molecule has 1 aromatic carbocycles. The summed E-state index contributed by atoms with van der Waals surface area (Å²) in [5.41, 5.74) is 1.61. The number of hydrogen-bond donors (Lipinski definition) is 1. The molecule has 1 spiro atoms. The molecule has 7 heteroatoms. The van der Waals surface area contributed by atoms with Crippen LogP contribution < -0.4 is 0 Å². The van der Waals surface area contributed by atoms with Gasteiger partial charge in [-0.25, -0.2) is 8.42 Å². The molecule has 2 aliphatic heterocycles. The van der Waals surface area contributed by atoms with Gasteiger partial charge in [0.25, 0.3) is 0 Å². The number of rotatable bonds is 6. The second-order valence-electron chi connectivity index (χ2n) is 8.86. The average Bonchev–Trinajstić information content (AvgIpc) is 3.22. The number of allylic oxidation sites excluding steroid dienone is 1. The molecule has 0 unspecified atom stereocenters. The Morgan fingerprint density at radius 3 is 2.37 bits per heavy atom. The summed E-state index contributed by atoms with van der Waals surface area (Å²) >= 11 is 0. The normalized spacial score (nSPS) is 26.8. The first-order valence-corrected chi connectivity index (χ1v) is 12.6. The molecule has 1 amide bonds. The summed E-state index contributed by atoms with van der Waals surface area (Å²) in [6.45, 7) is 4.15. The van der Waals surface area contributed by atoms with Crippen molar-refractivity contribution in [2.45, 2.75) is 57.0 Å². The molecule has 0 aromatic heterocycles. The highest BCUT2D eigenvalue weighted by atomic mass is 32.2. The molecule has 1 saturated carbocycles. The van der Waals surface area contributed by atoms with Gasteiger partial charge in [-0.15, -0.1) is 0 Å². The van der Waals surface area contributed by atoms with Crippen LogP contribution in [0.3, 0.4) is 0 Å². The van der Waals surface area contributed by atoms with Crippen LogP contribution in [-0.4, -0.2) is 65.7 Å². The van der Waals surface area contributed by atoms with E-state index in [4.69, 9.17) is 0 Å². The maximum atomic E-state index is 13.4. The number of hydrogen-bond acceptors (Lipinski definition) is 4. The third-order valence-corrected chi connectivity index (χ3v) is 8.99. The van der Waals surface area contributed by atoms with Gasteiger partial charge in [-0.2, -0.15) is 4.31 Å². The quantitative estimate of drug-likeness (QED) is 0.750. The summed E-state index contributed by atoms with van der Waals surface area (Å²) < 4.78 is 26.3. The van der Waals surface area contributed by atoms with E-state index in [1.807, 2.05) is 36.1 Å². The Hall–Kier alpha value is -1.70. The molecule has 3 aliphatic rings. The molecule has 0 radical (unpaired) electrons. The van der Waals surface area contributed by atoms with Gasteiger partial charge < -0.3 is 10.0 Å². The minimum atomic E-state index is -3.30. The Labute approximate surface area is 179 Å². The van der Waals surface area contributed by atoms with Crippen molar-refractivity contribution in [2.24, 2.45) is 5.92 Å². The van der Waals surface area contributed by atoms with Gasteiger partial charge in [0.15, 0.2) is 0 Å². The third-order valence-electron chi connectivity index (χ3n) is 7.22. The van der Waals surface area contributed by atoms with Gasteiger partial charge in [-0.3, -0.25) is 4.79 Å². The number of likely N-dealkylation sites (tertiary alicyclic amines) is 1. The lowest BCUT2D eigenvalue weighted by Gasteiger charge is -2.70. The highest BCUT2D eigenvalue weighted by Crippen LogP contribution is 2.55. The van der Waals surface area contributed by atoms with Gasteiger partial charge in [0.05, 0.1) is 23.9 Å². The van der Waals surface area contributed by atoms with Crippen molar-refractivity contribution in [1.29, 1.82) is 0 Å². The van der Waals surface area contributed by atoms with E-state index in [2.05, 4.69) is 12.1 Å². The molecular weight excluding hydrogens is 400 g/mol. The fourth-order valence-corrected chi connectivity index (χ4v) is 6.88. The van der Waals surface area contributed by atoms with E-state index >= 15 is 0 Å². The first-order chi connectivity index (χ1) is 14.4. The van der Waals surface area contributed by atoms with E-state index in [9.17, 15) is 18.3 Å². The standard InChI is InChI=1S/C23H32N2O4S/c1-3-7-17-10-12-18(13-11-17)21-20(14-26)25(22(27)19-8-5-6-9-19)23(21)15-24(16-23)30(28,29)4-2/h3,7,10-13,19-21,26H,4-6,8-9,14-16H2,1-2H3/b7-3+/t20-,21+/m0/s1. The second kappa shape index (κ2) is 8.09. The van der Waals surface area contributed by atoms with Gasteiger partial charge in [0.2, 0.25) is 15.9 Å². The van der Waals surface area contributed by atoms with Crippen molar-refractivity contribution in [3.63, 3.8) is 0 Å². The number of amides is 1. The van der Waals surface area contributed by atoms with Crippen LogP contribution >= 0.6 is 0 Å². The zero-order valence-electron chi connectivity index (χ0n) is 17.8. The van der Waals surface area contributed by atoms with E-state index in [1.54, 1.807) is 6.92 Å². The highest BCUT2D eigenvalue weighted by molar-refractivity contribution is 7.89. The lowest BCUT2D eigenvalue weighted by molar-refractivity contribution is -0.192. The van der Waals surface area contributed by atoms with Gasteiger partial charge in [0, 0.05) is 24.9 Å². The SMILES string of the molecule is C/C=C/c1ccc([C@@H]2[C@H](CO)N(C(=O)C3CCCC3)C23CN(S(=O)(=O)CC)C3)cc1. The lowest BCUT2D eigenvalue weighted by Crippen LogP contribution is -2.86. The zero-order chi connectivity index (χ0) is 21.5. The fraction of sp³-hybridized carbons (Fsp3) is 0.609. The minimum Gasteiger partial charge on any atom is -0.394 e. The number of aliphatic hydroxyl groups excluding tert-OH is 1. The first-order valence-electron chi connectivity index (χ1n) is 11.0. The summed E-state index contributed by atoms with van der Waals surface area (Å²) in [5, 5.41) is 10.2. The van der Waals surface area contributed by atoms with Crippen molar-refractivity contribution in [3.05, 3.63) is 41.5 Å². The highest BCUT2D eigenvalue weighted by Gasteiger charge is 2.69. The average molecular weight is 433 g/mol. The van der Waals surface area contributed by atoms with Crippen LogP contribution in [-0.2, 0) is 14.8 Å². The molecule has 164 valence electrons. The van der Waals surface area contributed by atoms with Crippen LogP contribution in [0.4, 0.5) is 0 Å². The van der Waals surface area contributed by atoms with E-state index < -0.39 is 15.6 Å². The number of aliphatic hydroxyl groups is 1. The molecule has 1 N–H and O–H groups in total. The summed E-state index contributed by atoms with van der Waals surface area (Å²) in [6, 6.07) is 7.89.